The number of benzene rings is 1. The summed E-state index contributed by atoms with van der Waals surface area (Å²) < 4.78 is 89.9. The minimum absolute atomic E-state index is 0.0130. The number of nitriles is 1. The van der Waals surface area contributed by atoms with Crippen LogP contribution in [-0.2, 0) is 12.4 Å². The van der Waals surface area contributed by atoms with Crippen LogP contribution in [0.5, 0.6) is 0 Å². The lowest BCUT2D eigenvalue weighted by Gasteiger charge is -2.14. The lowest BCUT2D eigenvalue weighted by molar-refractivity contribution is -0.141. The zero-order valence-electron chi connectivity index (χ0n) is 11.2. The molecule has 4 nitrogen and oxygen atoms in total. The molecule has 0 fully saturated rings. The summed E-state index contributed by atoms with van der Waals surface area (Å²) in [4.78, 5) is 14.6. The van der Waals surface area contributed by atoms with Crippen molar-refractivity contribution in [1.29, 1.82) is 5.26 Å². The van der Waals surface area contributed by atoms with Gasteiger partial charge in [0.15, 0.2) is 5.69 Å². The second-order valence-corrected chi connectivity index (χ2v) is 4.41. The zero-order chi connectivity index (χ0) is 18.3. The maximum absolute atomic E-state index is 13.9. The molecule has 1 aromatic heterocycles. The van der Waals surface area contributed by atoms with Gasteiger partial charge in [0, 0.05) is 6.07 Å². The largest absolute Gasteiger partial charge is 0.433 e. The van der Waals surface area contributed by atoms with E-state index < -0.39 is 46.2 Å². The number of rotatable bonds is 1. The molecule has 0 amide bonds. The van der Waals surface area contributed by atoms with Gasteiger partial charge in [0.05, 0.1) is 11.1 Å². The van der Waals surface area contributed by atoms with E-state index in [2.05, 4.69) is 4.98 Å². The van der Waals surface area contributed by atoms with E-state index in [4.69, 9.17) is 5.26 Å². The van der Waals surface area contributed by atoms with Crippen molar-refractivity contribution in [3.63, 3.8) is 0 Å². The van der Waals surface area contributed by atoms with Gasteiger partial charge in [-0.3, -0.25) is 9.36 Å². The number of alkyl halides is 6. The number of nitrogens with zero attached hydrogens (tertiary/aromatic N) is 3. The summed E-state index contributed by atoms with van der Waals surface area (Å²) in [6.45, 7) is 0. The maximum Gasteiger partial charge on any atom is 0.433 e. The molecule has 0 atom stereocenters. The highest BCUT2D eigenvalue weighted by atomic mass is 19.4. The van der Waals surface area contributed by atoms with Crippen molar-refractivity contribution in [3.8, 4) is 11.8 Å². The number of hydrogen-bond donors (Lipinski definition) is 0. The van der Waals surface area contributed by atoms with Gasteiger partial charge in [-0.2, -0.15) is 31.6 Å². The van der Waals surface area contributed by atoms with E-state index in [1.807, 2.05) is 0 Å². The molecule has 0 aliphatic heterocycles. The minimum atomic E-state index is -5.03. The smallest absolute Gasteiger partial charge is 0.269 e. The van der Waals surface area contributed by atoms with Crippen LogP contribution in [0, 0.1) is 17.1 Å². The Morgan fingerprint density at radius 1 is 1.08 bits per heavy atom. The molecule has 1 aromatic carbocycles. The van der Waals surface area contributed by atoms with Gasteiger partial charge in [0.25, 0.3) is 5.56 Å². The Morgan fingerprint density at radius 2 is 1.71 bits per heavy atom. The highest BCUT2D eigenvalue weighted by Gasteiger charge is 2.37. The highest BCUT2D eigenvalue weighted by molar-refractivity contribution is 5.55. The molecule has 2 aromatic rings. The van der Waals surface area contributed by atoms with Crippen molar-refractivity contribution in [2.45, 2.75) is 12.4 Å². The fourth-order valence-corrected chi connectivity index (χ4v) is 1.87. The quantitative estimate of drug-likeness (QED) is 0.741. The average molecular weight is 351 g/mol. The van der Waals surface area contributed by atoms with Crippen LogP contribution in [0.15, 0.2) is 29.3 Å². The molecule has 24 heavy (non-hydrogen) atoms. The maximum atomic E-state index is 13.9. The highest BCUT2D eigenvalue weighted by Crippen LogP contribution is 2.35. The van der Waals surface area contributed by atoms with Crippen LogP contribution in [0.1, 0.15) is 16.8 Å². The van der Waals surface area contributed by atoms with Crippen molar-refractivity contribution in [1.82, 2.24) is 9.55 Å². The van der Waals surface area contributed by atoms with Crippen molar-refractivity contribution < 1.29 is 30.7 Å². The monoisotopic (exact) mass is 351 g/mol. The van der Waals surface area contributed by atoms with E-state index in [1.54, 1.807) is 0 Å². The molecule has 126 valence electrons. The third kappa shape index (κ3) is 3.08. The molecule has 1 heterocycles. The average Bonchev–Trinajstić information content (AvgIpc) is 2.45. The lowest BCUT2D eigenvalue weighted by Crippen LogP contribution is -2.24. The third-order valence-electron chi connectivity index (χ3n) is 2.89. The molecular formula is C13H4F7N3O. The molecule has 11 heteroatoms. The van der Waals surface area contributed by atoms with Crippen LogP contribution in [0.3, 0.4) is 0 Å². The first-order valence-electron chi connectivity index (χ1n) is 5.93. The predicted octanol–water partition coefficient (Wildman–Crippen LogP) is 3.28. The summed E-state index contributed by atoms with van der Waals surface area (Å²) in [5, 5.41) is 8.89. The molecule has 0 N–H and O–H groups in total. The lowest BCUT2D eigenvalue weighted by atomic mass is 10.1. The van der Waals surface area contributed by atoms with Crippen molar-refractivity contribution in [2.75, 3.05) is 0 Å². The molecule has 0 saturated heterocycles. The van der Waals surface area contributed by atoms with Gasteiger partial charge in [-0.25, -0.2) is 9.37 Å². The molecule has 0 unspecified atom stereocenters. The number of halogens is 7. The SMILES string of the molecule is N#Cc1c(C(F)(F)F)ccc(F)c1-n1cnc(C(F)(F)F)cc1=O. The standard InChI is InChI=1S/C13H4F7N3O/c14-8-2-1-7(12(15,16)17)6(4-21)11(8)23-5-22-9(3-10(23)24)13(18,19)20/h1-3,5H. The second-order valence-electron chi connectivity index (χ2n) is 4.41. The molecule has 0 radical (unpaired) electrons. The minimum Gasteiger partial charge on any atom is -0.269 e. The fraction of sp³-hybridized carbons (Fsp3) is 0.154. The van der Waals surface area contributed by atoms with Crippen molar-refractivity contribution in [2.24, 2.45) is 0 Å². The van der Waals surface area contributed by atoms with Crippen molar-refractivity contribution >= 4 is 0 Å². The van der Waals surface area contributed by atoms with Crippen LogP contribution >= 0.6 is 0 Å². The molecule has 0 spiro atoms. The summed E-state index contributed by atoms with van der Waals surface area (Å²) in [5.74, 6) is -1.40. The zero-order valence-corrected chi connectivity index (χ0v) is 11.2. The molecule has 0 aliphatic carbocycles. The number of aromatic nitrogens is 2. The Balaban J connectivity index is 2.79. The molecule has 2 rings (SSSR count). The van der Waals surface area contributed by atoms with E-state index in [0.717, 1.165) is 6.07 Å². The van der Waals surface area contributed by atoms with Gasteiger partial charge in [0.2, 0.25) is 0 Å². The normalized spacial score (nSPS) is 12.1. The predicted molar refractivity (Wildman–Crippen MR) is 64.5 cm³/mol. The van der Waals surface area contributed by atoms with Gasteiger partial charge < -0.3 is 0 Å². The summed E-state index contributed by atoms with van der Waals surface area (Å²) in [6, 6.07) is 1.74. The Bertz CT molecular complexity index is 890. The summed E-state index contributed by atoms with van der Waals surface area (Å²) >= 11 is 0. The summed E-state index contributed by atoms with van der Waals surface area (Å²) in [5.41, 5.74) is -7.00. The summed E-state index contributed by atoms with van der Waals surface area (Å²) in [6.07, 6.45) is -9.79. The molecular weight excluding hydrogens is 347 g/mol. The second kappa shape index (κ2) is 5.63. The summed E-state index contributed by atoms with van der Waals surface area (Å²) in [7, 11) is 0. The van der Waals surface area contributed by atoms with Crippen LogP contribution in [0.2, 0.25) is 0 Å². The third-order valence-corrected chi connectivity index (χ3v) is 2.89. The fourth-order valence-electron chi connectivity index (χ4n) is 1.87. The molecule has 0 bridgehead atoms. The van der Waals surface area contributed by atoms with Crippen LogP contribution in [-0.4, -0.2) is 9.55 Å². The van der Waals surface area contributed by atoms with E-state index in [1.165, 1.54) is 0 Å². The molecule has 0 saturated carbocycles. The Kier molecular flexibility index (Phi) is 4.09. The van der Waals surface area contributed by atoms with Gasteiger partial charge >= 0.3 is 12.4 Å². The Hall–Kier alpha value is -2.90. The first-order valence-corrected chi connectivity index (χ1v) is 5.93. The van der Waals surface area contributed by atoms with Crippen molar-refractivity contribution in [3.05, 3.63) is 57.5 Å². The first kappa shape index (κ1) is 17.5. The van der Waals surface area contributed by atoms with Gasteiger partial charge in [-0.1, -0.05) is 0 Å². The molecule has 0 aliphatic rings. The van der Waals surface area contributed by atoms with Crippen LogP contribution < -0.4 is 5.56 Å². The Morgan fingerprint density at radius 3 is 2.17 bits per heavy atom. The van der Waals surface area contributed by atoms with Gasteiger partial charge in [-0.05, 0) is 12.1 Å². The van der Waals surface area contributed by atoms with Gasteiger partial charge in [0.1, 0.15) is 23.9 Å². The topological polar surface area (TPSA) is 58.7 Å². The number of hydrogen-bond acceptors (Lipinski definition) is 3. The van der Waals surface area contributed by atoms with E-state index in [0.29, 0.717) is 12.1 Å². The van der Waals surface area contributed by atoms with Gasteiger partial charge in [-0.15, -0.1) is 0 Å². The van der Waals surface area contributed by atoms with E-state index in [-0.39, 0.29) is 17.0 Å². The Labute approximate surface area is 128 Å². The van der Waals surface area contributed by atoms with Crippen LogP contribution in [0.4, 0.5) is 30.7 Å². The van der Waals surface area contributed by atoms with E-state index in [9.17, 15) is 35.5 Å². The van der Waals surface area contributed by atoms with Crippen LogP contribution in [0.25, 0.3) is 5.69 Å². The first-order chi connectivity index (χ1) is 11.0. The van der Waals surface area contributed by atoms with E-state index >= 15 is 0 Å².